The molecule has 0 radical (unpaired) electrons. The number of nitrogens with zero attached hydrogens (tertiary/aromatic N) is 1. The summed E-state index contributed by atoms with van der Waals surface area (Å²) in [6.45, 7) is 7.48. The number of benzene rings is 1. The molecule has 0 amide bonds. The predicted octanol–water partition coefficient (Wildman–Crippen LogP) is 3.01. The number of hydrogen-bond donors (Lipinski definition) is 1. The molecule has 0 saturated carbocycles. The molecule has 0 aliphatic heterocycles. The first-order chi connectivity index (χ1) is 9.97. The van der Waals surface area contributed by atoms with Gasteiger partial charge in [0.2, 0.25) is 10.0 Å². The molecule has 0 aromatic heterocycles. The van der Waals surface area contributed by atoms with Gasteiger partial charge in [-0.2, -0.15) is 0 Å². The minimum absolute atomic E-state index is 0.186. The van der Waals surface area contributed by atoms with Gasteiger partial charge in [-0.05, 0) is 31.5 Å². The number of hydrogen-bond acceptors (Lipinski definition) is 3. The molecule has 1 N–H and O–H groups in total. The molecule has 21 heavy (non-hydrogen) atoms. The van der Waals surface area contributed by atoms with E-state index in [1.165, 1.54) is 0 Å². The van der Waals surface area contributed by atoms with Crippen molar-refractivity contribution in [3.63, 3.8) is 0 Å². The molecule has 0 aliphatic carbocycles. The molecule has 0 saturated heterocycles. The lowest BCUT2D eigenvalue weighted by atomic mass is 10.3. The highest BCUT2D eigenvalue weighted by molar-refractivity contribution is 7.92. The second-order valence-electron chi connectivity index (χ2n) is 5.54. The Kier molecular flexibility index (Phi) is 7.75. The fourth-order valence-corrected chi connectivity index (χ4v) is 3.66. The second kappa shape index (κ2) is 9.05. The van der Waals surface area contributed by atoms with E-state index in [1.54, 1.807) is 4.31 Å². The average molecular weight is 312 g/mol. The van der Waals surface area contributed by atoms with Crippen LogP contribution in [0.1, 0.15) is 40.0 Å². The Hall–Kier alpha value is -1.07. The zero-order valence-electron chi connectivity index (χ0n) is 13.4. The normalized spacial score (nSPS) is 11.8. The Morgan fingerprint density at radius 1 is 1.14 bits per heavy atom. The lowest BCUT2D eigenvalue weighted by Crippen LogP contribution is -2.35. The summed E-state index contributed by atoms with van der Waals surface area (Å²) in [5, 5.41) is 3.26. The van der Waals surface area contributed by atoms with Crippen LogP contribution in [-0.2, 0) is 10.0 Å². The molecule has 0 fully saturated rings. The molecule has 1 rings (SSSR count). The molecule has 5 heteroatoms. The number of anilines is 1. The van der Waals surface area contributed by atoms with Crippen molar-refractivity contribution in [2.45, 2.75) is 46.1 Å². The highest BCUT2D eigenvalue weighted by atomic mass is 32.2. The van der Waals surface area contributed by atoms with Crippen LogP contribution in [0.15, 0.2) is 30.3 Å². The summed E-state index contributed by atoms with van der Waals surface area (Å²) >= 11 is 0. The van der Waals surface area contributed by atoms with Crippen molar-refractivity contribution < 1.29 is 8.42 Å². The first kappa shape index (κ1) is 18.0. The molecule has 0 bridgehead atoms. The van der Waals surface area contributed by atoms with Gasteiger partial charge >= 0.3 is 0 Å². The highest BCUT2D eigenvalue weighted by Crippen LogP contribution is 2.19. The molecular weight excluding hydrogens is 284 g/mol. The Bertz CT molecular complexity index is 486. The third-order valence-electron chi connectivity index (χ3n) is 3.23. The van der Waals surface area contributed by atoms with Gasteiger partial charge in [-0.15, -0.1) is 0 Å². The van der Waals surface area contributed by atoms with Gasteiger partial charge in [0.25, 0.3) is 0 Å². The van der Waals surface area contributed by atoms with Gasteiger partial charge in [-0.1, -0.05) is 45.4 Å². The van der Waals surface area contributed by atoms with Crippen molar-refractivity contribution in [3.8, 4) is 0 Å². The van der Waals surface area contributed by atoms with E-state index in [-0.39, 0.29) is 5.75 Å². The van der Waals surface area contributed by atoms with Crippen LogP contribution < -0.4 is 9.62 Å². The lowest BCUT2D eigenvalue weighted by molar-refractivity contribution is 0.565. The number of sulfonamides is 1. The summed E-state index contributed by atoms with van der Waals surface area (Å²) in [6, 6.07) is 9.77. The SMILES string of the molecule is CCCCN(c1ccccc1)S(=O)(=O)CCCNC(C)C. The zero-order valence-corrected chi connectivity index (χ0v) is 14.2. The first-order valence-corrected chi connectivity index (χ1v) is 9.37. The molecular formula is C16H28N2O2S. The van der Waals surface area contributed by atoms with Crippen LogP contribution in [0.3, 0.4) is 0 Å². The molecule has 1 aromatic carbocycles. The maximum atomic E-state index is 12.6. The molecule has 0 spiro atoms. The average Bonchev–Trinajstić information content (AvgIpc) is 2.45. The molecule has 0 aliphatic rings. The van der Waals surface area contributed by atoms with Gasteiger partial charge in [0.15, 0.2) is 0 Å². The van der Waals surface area contributed by atoms with Crippen LogP contribution in [-0.4, -0.2) is 33.3 Å². The smallest absolute Gasteiger partial charge is 0.235 e. The molecule has 1 aromatic rings. The van der Waals surface area contributed by atoms with E-state index in [2.05, 4.69) is 26.1 Å². The zero-order chi connectivity index (χ0) is 15.7. The lowest BCUT2D eigenvalue weighted by Gasteiger charge is -2.24. The molecule has 120 valence electrons. The van der Waals surface area contributed by atoms with Gasteiger partial charge in [0.05, 0.1) is 11.4 Å². The predicted molar refractivity (Wildman–Crippen MR) is 90.2 cm³/mol. The molecule has 0 heterocycles. The minimum Gasteiger partial charge on any atom is -0.314 e. The summed E-state index contributed by atoms with van der Waals surface area (Å²) in [5.41, 5.74) is 0.766. The van der Waals surface area contributed by atoms with Crippen LogP contribution in [0.4, 0.5) is 5.69 Å². The Morgan fingerprint density at radius 2 is 1.81 bits per heavy atom. The van der Waals surface area contributed by atoms with Crippen LogP contribution in [0.2, 0.25) is 0 Å². The van der Waals surface area contributed by atoms with Crippen molar-refractivity contribution in [3.05, 3.63) is 30.3 Å². The summed E-state index contributed by atoms with van der Waals surface area (Å²) in [4.78, 5) is 0. The topological polar surface area (TPSA) is 49.4 Å². The maximum Gasteiger partial charge on any atom is 0.235 e. The largest absolute Gasteiger partial charge is 0.314 e. The van der Waals surface area contributed by atoms with Gasteiger partial charge in [0.1, 0.15) is 0 Å². The van der Waals surface area contributed by atoms with E-state index in [4.69, 9.17) is 0 Å². The Morgan fingerprint density at radius 3 is 2.38 bits per heavy atom. The van der Waals surface area contributed by atoms with Crippen molar-refractivity contribution in [1.29, 1.82) is 0 Å². The summed E-state index contributed by atoms with van der Waals surface area (Å²) in [5.74, 6) is 0.186. The van der Waals surface area contributed by atoms with E-state index in [0.717, 1.165) is 25.1 Å². The second-order valence-corrected chi connectivity index (χ2v) is 7.55. The fraction of sp³-hybridized carbons (Fsp3) is 0.625. The minimum atomic E-state index is -3.25. The number of para-hydroxylation sites is 1. The van der Waals surface area contributed by atoms with Crippen molar-refractivity contribution >= 4 is 15.7 Å². The number of unbranched alkanes of at least 4 members (excludes halogenated alkanes) is 1. The number of nitrogens with one attached hydrogen (secondary N) is 1. The number of rotatable bonds is 10. The van der Waals surface area contributed by atoms with E-state index in [0.29, 0.717) is 19.0 Å². The molecule has 0 unspecified atom stereocenters. The Labute approximate surface area is 129 Å². The van der Waals surface area contributed by atoms with E-state index in [9.17, 15) is 8.42 Å². The van der Waals surface area contributed by atoms with Crippen LogP contribution >= 0.6 is 0 Å². The third-order valence-corrected chi connectivity index (χ3v) is 5.10. The van der Waals surface area contributed by atoms with Crippen molar-refractivity contribution in [2.24, 2.45) is 0 Å². The maximum absolute atomic E-state index is 12.6. The van der Waals surface area contributed by atoms with Gasteiger partial charge < -0.3 is 5.32 Å². The first-order valence-electron chi connectivity index (χ1n) is 7.76. The standard InChI is InChI=1S/C16H28N2O2S/c1-4-5-13-18(16-10-7-6-8-11-16)21(19,20)14-9-12-17-15(2)3/h6-8,10-11,15,17H,4-5,9,12-14H2,1-3H3. The molecule has 0 atom stereocenters. The van der Waals surface area contributed by atoms with E-state index in [1.807, 2.05) is 30.3 Å². The molecule has 4 nitrogen and oxygen atoms in total. The fourth-order valence-electron chi connectivity index (χ4n) is 2.08. The monoisotopic (exact) mass is 312 g/mol. The third kappa shape index (κ3) is 6.48. The van der Waals surface area contributed by atoms with Crippen LogP contribution in [0.5, 0.6) is 0 Å². The Balaban J connectivity index is 2.72. The quantitative estimate of drug-likeness (QED) is 0.676. The highest BCUT2D eigenvalue weighted by Gasteiger charge is 2.21. The summed E-state index contributed by atoms with van der Waals surface area (Å²) < 4.78 is 26.7. The van der Waals surface area contributed by atoms with Crippen molar-refractivity contribution in [1.82, 2.24) is 5.32 Å². The van der Waals surface area contributed by atoms with Crippen molar-refractivity contribution in [2.75, 3.05) is 23.1 Å². The summed E-state index contributed by atoms with van der Waals surface area (Å²) in [7, 11) is -3.25. The van der Waals surface area contributed by atoms with Crippen LogP contribution in [0, 0.1) is 0 Å². The summed E-state index contributed by atoms with van der Waals surface area (Å²) in [6.07, 6.45) is 2.49. The van der Waals surface area contributed by atoms with Gasteiger partial charge in [-0.25, -0.2) is 8.42 Å². The van der Waals surface area contributed by atoms with Crippen LogP contribution in [0.25, 0.3) is 0 Å². The van der Waals surface area contributed by atoms with Gasteiger partial charge in [0, 0.05) is 12.6 Å². The van der Waals surface area contributed by atoms with E-state index < -0.39 is 10.0 Å². The van der Waals surface area contributed by atoms with E-state index >= 15 is 0 Å². The van der Waals surface area contributed by atoms with Gasteiger partial charge in [-0.3, -0.25) is 4.31 Å².